The third-order valence-electron chi connectivity index (χ3n) is 4.61. The zero-order chi connectivity index (χ0) is 18.5. The summed E-state index contributed by atoms with van der Waals surface area (Å²) in [4.78, 5) is 16.6. The van der Waals surface area contributed by atoms with Crippen LogP contribution >= 0.6 is 11.6 Å². The zero-order valence-corrected chi connectivity index (χ0v) is 15.5. The van der Waals surface area contributed by atoms with E-state index in [0.29, 0.717) is 23.7 Å². The number of piperazine rings is 1. The summed E-state index contributed by atoms with van der Waals surface area (Å²) in [5.41, 5.74) is 1.75. The first kappa shape index (κ1) is 18.7. The molecule has 1 heterocycles. The number of halogens is 2. The molecule has 1 aliphatic rings. The van der Waals surface area contributed by atoms with Crippen molar-refractivity contribution in [2.45, 2.75) is 13.0 Å². The summed E-state index contributed by atoms with van der Waals surface area (Å²) in [6, 6.07) is 11.8. The molecule has 2 aromatic rings. The SMILES string of the molecule is COc1ccc(Cl)cc1CN1CCN(C(=O)Cc2cccc(F)c2)CC1. The van der Waals surface area contributed by atoms with Crippen LogP contribution in [0.3, 0.4) is 0 Å². The standard InChI is InChI=1S/C20H22ClFN2O2/c1-26-19-6-5-17(21)13-16(19)14-23-7-9-24(10-8-23)20(25)12-15-3-2-4-18(22)11-15/h2-6,11,13H,7-10,12,14H2,1H3. The van der Waals surface area contributed by atoms with Gasteiger partial charge < -0.3 is 9.64 Å². The minimum atomic E-state index is -0.310. The molecule has 0 spiro atoms. The van der Waals surface area contributed by atoms with E-state index in [4.69, 9.17) is 16.3 Å². The van der Waals surface area contributed by atoms with Crippen molar-refractivity contribution < 1.29 is 13.9 Å². The zero-order valence-electron chi connectivity index (χ0n) is 14.8. The molecule has 4 nitrogen and oxygen atoms in total. The van der Waals surface area contributed by atoms with Crippen LogP contribution in [0.2, 0.25) is 5.02 Å². The highest BCUT2D eigenvalue weighted by atomic mass is 35.5. The molecule has 0 atom stereocenters. The van der Waals surface area contributed by atoms with E-state index in [2.05, 4.69) is 4.90 Å². The Bertz CT molecular complexity index is 776. The fraction of sp³-hybridized carbons (Fsp3) is 0.350. The number of benzene rings is 2. The van der Waals surface area contributed by atoms with E-state index in [1.807, 2.05) is 23.1 Å². The molecule has 2 aromatic carbocycles. The van der Waals surface area contributed by atoms with Gasteiger partial charge in [0.15, 0.2) is 0 Å². The van der Waals surface area contributed by atoms with Crippen molar-refractivity contribution in [1.29, 1.82) is 0 Å². The summed E-state index contributed by atoms with van der Waals surface area (Å²) in [6.07, 6.45) is 0.236. The van der Waals surface area contributed by atoms with Crippen LogP contribution in [0, 0.1) is 5.82 Å². The van der Waals surface area contributed by atoms with Crippen LogP contribution in [0.15, 0.2) is 42.5 Å². The van der Waals surface area contributed by atoms with E-state index >= 15 is 0 Å². The Morgan fingerprint density at radius 2 is 1.92 bits per heavy atom. The number of methoxy groups -OCH3 is 1. The highest BCUT2D eigenvalue weighted by Gasteiger charge is 2.22. The molecule has 0 N–H and O–H groups in total. The molecule has 0 bridgehead atoms. The molecule has 3 rings (SSSR count). The van der Waals surface area contributed by atoms with Crippen LogP contribution in [-0.4, -0.2) is 49.0 Å². The van der Waals surface area contributed by atoms with E-state index in [9.17, 15) is 9.18 Å². The van der Waals surface area contributed by atoms with Crippen molar-refractivity contribution in [2.75, 3.05) is 33.3 Å². The van der Waals surface area contributed by atoms with E-state index < -0.39 is 0 Å². The molecule has 1 amide bonds. The largest absolute Gasteiger partial charge is 0.496 e. The molecule has 0 unspecified atom stereocenters. The number of carbonyl (C=O) groups excluding carboxylic acids is 1. The third kappa shape index (κ3) is 4.74. The Labute approximate surface area is 158 Å². The van der Waals surface area contributed by atoms with Gasteiger partial charge in [-0.25, -0.2) is 4.39 Å². The second kappa shape index (κ2) is 8.52. The normalized spacial score (nSPS) is 15.1. The second-order valence-corrected chi connectivity index (χ2v) is 6.86. The lowest BCUT2D eigenvalue weighted by molar-refractivity contribution is -0.132. The minimum absolute atomic E-state index is 0.0376. The molecule has 6 heteroatoms. The van der Waals surface area contributed by atoms with Crippen molar-refractivity contribution in [1.82, 2.24) is 9.80 Å². The fourth-order valence-electron chi connectivity index (χ4n) is 3.20. The van der Waals surface area contributed by atoms with Crippen molar-refractivity contribution >= 4 is 17.5 Å². The summed E-state index contributed by atoms with van der Waals surface area (Å²) in [5, 5.41) is 0.685. The van der Waals surface area contributed by atoms with Gasteiger partial charge in [-0.15, -0.1) is 0 Å². The van der Waals surface area contributed by atoms with Gasteiger partial charge in [-0.05, 0) is 35.9 Å². The average Bonchev–Trinajstić information content (AvgIpc) is 2.62. The van der Waals surface area contributed by atoms with Gasteiger partial charge in [0, 0.05) is 43.3 Å². The number of amides is 1. The second-order valence-electron chi connectivity index (χ2n) is 6.42. The number of ether oxygens (including phenoxy) is 1. The van der Waals surface area contributed by atoms with Crippen molar-refractivity contribution in [3.8, 4) is 5.75 Å². The van der Waals surface area contributed by atoms with Gasteiger partial charge in [-0.3, -0.25) is 9.69 Å². The number of carbonyl (C=O) groups is 1. The summed E-state index contributed by atoms with van der Waals surface area (Å²) in [6.45, 7) is 3.62. The first-order valence-corrected chi connectivity index (χ1v) is 9.00. The summed E-state index contributed by atoms with van der Waals surface area (Å²) >= 11 is 6.09. The third-order valence-corrected chi connectivity index (χ3v) is 4.84. The average molecular weight is 377 g/mol. The lowest BCUT2D eigenvalue weighted by Crippen LogP contribution is -2.48. The topological polar surface area (TPSA) is 32.8 Å². The van der Waals surface area contributed by atoms with Crippen LogP contribution in [0.4, 0.5) is 4.39 Å². The van der Waals surface area contributed by atoms with E-state index in [1.165, 1.54) is 12.1 Å². The molecule has 0 saturated carbocycles. The number of nitrogens with zero attached hydrogens (tertiary/aromatic N) is 2. The smallest absolute Gasteiger partial charge is 0.227 e. The van der Waals surface area contributed by atoms with Crippen LogP contribution in [-0.2, 0) is 17.8 Å². The Morgan fingerprint density at radius 3 is 2.62 bits per heavy atom. The minimum Gasteiger partial charge on any atom is -0.496 e. The highest BCUT2D eigenvalue weighted by molar-refractivity contribution is 6.30. The van der Waals surface area contributed by atoms with Gasteiger partial charge >= 0.3 is 0 Å². The van der Waals surface area contributed by atoms with E-state index in [0.717, 1.165) is 30.9 Å². The number of hydrogen-bond acceptors (Lipinski definition) is 3. The molecule has 1 aliphatic heterocycles. The maximum Gasteiger partial charge on any atom is 0.227 e. The summed E-state index contributed by atoms with van der Waals surface area (Å²) < 4.78 is 18.7. The maximum absolute atomic E-state index is 13.3. The predicted molar refractivity (Wildman–Crippen MR) is 100.0 cm³/mol. The van der Waals surface area contributed by atoms with Crippen LogP contribution in [0.1, 0.15) is 11.1 Å². The Hall–Kier alpha value is -2.11. The predicted octanol–water partition coefficient (Wildman–Crippen LogP) is 3.37. The van der Waals surface area contributed by atoms with Gasteiger partial charge in [0.2, 0.25) is 5.91 Å². The lowest BCUT2D eigenvalue weighted by atomic mass is 10.1. The Morgan fingerprint density at radius 1 is 1.15 bits per heavy atom. The lowest BCUT2D eigenvalue weighted by Gasteiger charge is -2.35. The van der Waals surface area contributed by atoms with E-state index in [1.54, 1.807) is 19.2 Å². The first-order valence-electron chi connectivity index (χ1n) is 8.62. The molecular weight excluding hydrogens is 355 g/mol. The van der Waals surface area contributed by atoms with Crippen LogP contribution in [0.5, 0.6) is 5.75 Å². The molecular formula is C20H22ClFN2O2. The molecule has 0 radical (unpaired) electrons. The van der Waals surface area contributed by atoms with Gasteiger partial charge in [-0.2, -0.15) is 0 Å². The van der Waals surface area contributed by atoms with E-state index in [-0.39, 0.29) is 18.1 Å². The Kier molecular flexibility index (Phi) is 6.12. The van der Waals surface area contributed by atoms with Crippen molar-refractivity contribution in [2.24, 2.45) is 0 Å². The van der Waals surface area contributed by atoms with Crippen LogP contribution < -0.4 is 4.74 Å². The number of rotatable bonds is 5. The Balaban J connectivity index is 1.54. The van der Waals surface area contributed by atoms with Gasteiger partial charge in [0.1, 0.15) is 11.6 Å². The number of hydrogen-bond donors (Lipinski definition) is 0. The quantitative estimate of drug-likeness (QED) is 0.802. The van der Waals surface area contributed by atoms with Crippen LogP contribution in [0.25, 0.3) is 0 Å². The molecule has 0 aliphatic carbocycles. The van der Waals surface area contributed by atoms with Crippen molar-refractivity contribution in [3.63, 3.8) is 0 Å². The molecule has 1 saturated heterocycles. The molecule has 138 valence electrons. The highest BCUT2D eigenvalue weighted by Crippen LogP contribution is 2.24. The molecule has 0 aromatic heterocycles. The molecule has 1 fully saturated rings. The van der Waals surface area contributed by atoms with Gasteiger partial charge in [-0.1, -0.05) is 23.7 Å². The van der Waals surface area contributed by atoms with Crippen molar-refractivity contribution in [3.05, 3.63) is 64.4 Å². The summed E-state index contributed by atoms with van der Waals surface area (Å²) in [5.74, 6) is 0.546. The monoisotopic (exact) mass is 376 g/mol. The van der Waals surface area contributed by atoms with Gasteiger partial charge in [0.25, 0.3) is 0 Å². The molecule has 26 heavy (non-hydrogen) atoms. The van der Waals surface area contributed by atoms with Gasteiger partial charge in [0.05, 0.1) is 13.5 Å². The first-order chi connectivity index (χ1) is 12.5. The fourth-order valence-corrected chi connectivity index (χ4v) is 3.40. The maximum atomic E-state index is 13.3. The summed E-state index contributed by atoms with van der Waals surface area (Å²) in [7, 11) is 1.65.